The Labute approximate surface area is 100 Å². The molecule has 84 valence electrons. The van der Waals surface area contributed by atoms with Crippen LogP contribution < -0.4 is 10.6 Å². The van der Waals surface area contributed by atoms with Gasteiger partial charge in [-0.3, -0.25) is 0 Å². The first-order valence-corrected chi connectivity index (χ1v) is 6.29. The predicted molar refractivity (Wildman–Crippen MR) is 69.1 cm³/mol. The smallest absolute Gasteiger partial charge is 0.166 e. The van der Waals surface area contributed by atoms with Gasteiger partial charge >= 0.3 is 0 Å². The summed E-state index contributed by atoms with van der Waals surface area (Å²) < 4.78 is 0. The Morgan fingerprint density at radius 2 is 2.27 bits per heavy atom. The van der Waals surface area contributed by atoms with Crippen molar-refractivity contribution in [2.45, 2.75) is 27.3 Å². The first kappa shape index (κ1) is 12.4. The van der Waals surface area contributed by atoms with E-state index in [1.807, 2.05) is 12.3 Å². The number of nitrogens with zero attached hydrogens (tertiary/aromatic N) is 1. The average Bonchev–Trinajstić information content (AvgIpc) is 2.58. The second-order valence-corrected chi connectivity index (χ2v) is 5.29. The van der Waals surface area contributed by atoms with Gasteiger partial charge in [0.1, 0.15) is 0 Å². The molecule has 0 bridgehead atoms. The van der Waals surface area contributed by atoms with E-state index in [-0.39, 0.29) is 0 Å². The van der Waals surface area contributed by atoms with Crippen molar-refractivity contribution in [2.75, 3.05) is 6.54 Å². The van der Waals surface area contributed by atoms with Crippen LogP contribution in [0.5, 0.6) is 0 Å². The normalized spacial score (nSPS) is 10.4. The van der Waals surface area contributed by atoms with Gasteiger partial charge in [0, 0.05) is 11.9 Å². The highest BCUT2D eigenvalue weighted by molar-refractivity contribution is 7.80. The summed E-state index contributed by atoms with van der Waals surface area (Å²) >= 11 is 6.79. The molecular formula is C10H17N3S2. The molecule has 0 saturated carbocycles. The first-order valence-electron chi connectivity index (χ1n) is 5.00. The Bertz CT molecular complexity index is 320. The van der Waals surface area contributed by atoms with Gasteiger partial charge in [-0.25, -0.2) is 4.98 Å². The van der Waals surface area contributed by atoms with E-state index >= 15 is 0 Å². The van der Waals surface area contributed by atoms with Gasteiger partial charge in [-0.2, -0.15) is 0 Å². The van der Waals surface area contributed by atoms with E-state index in [4.69, 9.17) is 12.2 Å². The summed E-state index contributed by atoms with van der Waals surface area (Å²) in [5.74, 6) is 0.603. The summed E-state index contributed by atoms with van der Waals surface area (Å²) in [7, 11) is 0. The van der Waals surface area contributed by atoms with E-state index in [1.54, 1.807) is 11.3 Å². The minimum absolute atomic E-state index is 0.603. The molecule has 0 fully saturated rings. The molecule has 3 nitrogen and oxygen atoms in total. The third-order valence-electron chi connectivity index (χ3n) is 1.77. The van der Waals surface area contributed by atoms with Gasteiger partial charge in [-0.15, -0.1) is 11.3 Å². The number of rotatable bonds is 4. The highest BCUT2D eigenvalue weighted by atomic mass is 32.1. The number of hydrogen-bond acceptors (Lipinski definition) is 3. The summed E-state index contributed by atoms with van der Waals surface area (Å²) in [6, 6.07) is 0. The lowest BCUT2D eigenvalue weighted by Gasteiger charge is -2.10. The van der Waals surface area contributed by atoms with E-state index in [0.717, 1.165) is 17.2 Å². The topological polar surface area (TPSA) is 37.0 Å². The largest absolute Gasteiger partial charge is 0.362 e. The minimum atomic E-state index is 0.603. The molecule has 0 amide bonds. The van der Waals surface area contributed by atoms with Gasteiger partial charge in [0.25, 0.3) is 0 Å². The van der Waals surface area contributed by atoms with Crippen LogP contribution in [0.2, 0.25) is 0 Å². The van der Waals surface area contributed by atoms with Crippen LogP contribution in [-0.4, -0.2) is 16.6 Å². The van der Waals surface area contributed by atoms with E-state index in [0.29, 0.717) is 17.6 Å². The molecule has 1 rings (SSSR count). The molecule has 1 heterocycles. The molecule has 0 aliphatic carbocycles. The maximum Gasteiger partial charge on any atom is 0.166 e. The molecule has 0 aliphatic rings. The molecule has 0 radical (unpaired) electrons. The third-order valence-corrected chi connectivity index (χ3v) is 2.88. The van der Waals surface area contributed by atoms with Crippen LogP contribution in [0.25, 0.3) is 0 Å². The fourth-order valence-electron chi connectivity index (χ4n) is 1.02. The summed E-state index contributed by atoms with van der Waals surface area (Å²) in [5.41, 5.74) is 1.05. The van der Waals surface area contributed by atoms with Crippen molar-refractivity contribution in [3.05, 3.63) is 16.1 Å². The molecule has 0 aromatic carbocycles. The number of aryl methyl sites for hydroxylation is 1. The molecule has 15 heavy (non-hydrogen) atoms. The molecule has 0 unspecified atom stereocenters. The van der Waals surface area contributed by atoms with Crippen molar-refractivity contribution < 1.29 is 0 Å². The van der Waals surface area contributed by atoms with Crippen LogP contribution in [0.4, 0.5) is 0 Å². The van der Waals surface area contributed by atoms with Gasteiger partial charge in [-0.05, 0) is 25.1 Å². The Balaban J connectivity index is 2.22. The number of thiazole rings is 1. The molecule has 0 atom stereocenters. The van der Waals surface area contributed by atoms with Gasteiger partial charge in [0.15, 0.2) is 5.11 Å². The monoisotopic (exact) mass is 243 g/mol. The van der Waals surface area contributed by atoms with E-state index in [1.165, 1.54) is 0 Å². The highest BCUT2D eigenvalue weighted by Crippen LogP contribution is 2.06. The zero-order valence-corrected chi connectivity index (χ0v) is 11.0. The molecule has 0 saturated heterocycles. The van der Waals surface area contributed by atoms with Crippen molar-refractivity contribution in [2.24, 2.45) is 5.92 Å². The summed E-state index contributed by atoms with van der Waals surface area (Å²) in [6.45, 7) is 7.92. The van der Waals surface area contributed by atoms with Crippen molar-refractivity contribution in [3.8, 4) is 0 Å². The molecule has 0 aliphatic heterocycles. The average molecular weight is 243 g/mol. The van der Waals surface area contributed by atoms with Gasteiger partial charge < -0.3 is 10.6 Å². The van der Waals surface area contributed by atoms with Gasteiger partial charge in [0.05, 0.1) is 17.2 Å². The summed E-state index contributed by atoms with van der Waals surface area (Å²) in [5, 5.41) is 10.1. The van der Waals surface area contributed by atoms with Gasteiger partial charge in [0.2, 0.25) is 0 Å². The zero-order valence-electron chi connectivity index (χ0n) is 9.33. The Hall–Kier alpha value is -0.680. The lowest BCUT2D eigenvalue weighted by Crippen LogP contribution is -2.36. The third kappa shape index (κ3) is 5.09. The Morgan fingerprint density at radius 1 is 1.53 bits per heavy atom. The lowest BCUT2D eigenvalue weighted by atomic mass is 10.2. The second-order valence-electron chi connectivity index (χ2n) is 3.82. The van der Waals surface area contributed by atoms with E-state index in [2.05, 4.69) is 29.5 Å². The van der Waals surface area contributed by atoms with E-state index < -0.39 is 0 Å². The zero-order chi connectivity index (χ0) is 11.3. The number of thiocarbonyl (C=S) groups is 1. The van der Waals surface area contributed by atoms with Crippen LogP contribution in [0.15, 0.2) is 5.38 Å². The quantitative estimate of drug-likeness (QED) is 0.794. The van der Waals surface area contributed by atoms with Crippen LogP contribution in [0.1, 0.15) is 24.5 Å². The number of hydrogen-bond donors (Lipinski definition) is 2. The standard InChI is InChI=1S/C10H17N3S2/c1-7(2)4-11-10(14)12-5-9-6-15-8(3)13-9/h6-7H,4-5H2,1-3H3,(H2,11,12,14). The highest BCUT2D eigenvalue weighted by Gasteiger charge is 2.00. The van der Waals surface area contributed by atoms with Crippen molar-refractivity contribution in [1.82, 2.24) is 15.6 Å². The molecule has 1 aromatic heterocycles. The Morgan fingerprint density at radius 3 is 2.80 bits per heavy atom. The first-order chi connectivity index (χ1) is 7.08. The number of aromatic nitrogens is 1. The SMILES string of the molecule is Cc1nc(CNC(=S)NCC(C)C)cs1. The summed E-state index contributed by atoms with van der Waals surface area (Å²) in [4.78, 5) is 4.35. The van der Waals surface area contributed by atoms with Crippen LogP contribution in [0.3, 0.4) is 0 Å². The van der Waals surface area contributed by atoms with E-state index in [9.17, 15) is 0 Å². The molecule has 0 spiro atoms. The minimum Gasteiger partial charge on any atom is -0.362 e. The molecular weight excluding hydrogens is 226 g/mol. The van der Waals surface area contributed by atoms with Crippen LogP contribution in [-0.2, 0) is 6.54 Å². The summed E-state index contributed by atoms with van der Waals surface area (Å²) in [6.07, 6.45) is 0. The fraction of sp³-hybridized carbons (Fsp3) is 0.600. The predicted octanol–water partition coefficient (Wildman–Crippen LogP) is 2.07. The number of nitrogens with one attached hydrogen (secondary N) is 2. The van der Waals surface area contributed by atoms with Crippen molar-refractivity contribution in [1.29, 1.82) is 0 Å². The maximum absolute atomic E-state index is 5.13. The van der Waals surface area contributed by atoms with Gasteiger partial charge in [-0.1, -0.05) is 13.8 Å². The van der Waals surface area contributed by atoms with Crippen molar-refractivity contribution >= 4 is 28.7 Å². The van der Waals surface area contributed by atoms with Crippen LogP contribution >= 0.6 is 23.6 Å². The molecule has 5 heteroatoms. The van der Waals surface area contributed by atoms with Crippen LogP contribution in [0, 0.1) is 12.8 Å². The molecule has 2 N–H and O–H groups in total. The Kier molecular flexibility index (Phi) is 4.98. The fourth-order valence-corrected chi connectivity index (χ4v) is 1.79. The van der Waals surface area contributed by atoms with Crippen molar-refractivity contribution in [3.63, 3.8) is 0 Å². The second kappa shape index (κ2) is 6.02. The maximum atomic E-state index is 5.13. The lowest BCUT2D eigenvalue weighted by molar-refractivity contribution is 0.619. The molecule has 1 aromatic rings.